The Morgan fingerprint density at radius 1 is 1.25 bits per heavy atom. The molecule has 0 saturated carbocycles. The Balaban J connectivity index is 1.38. The second-order valence-corrected chi connectivity index (χ2v) is 8.48. The van der Waals surface area contributed by atoms with Crippen LogP contribution in [0.15, 0.2) is 45.9 Å². The van der Waals surface area contributed by atoms with E-state index in [0.717, 1.165) is 38.9 Å². The fourth-order valence-electron chi connectivity index (χ4n) is 3.29. The number of hydrogen-bond acceptors (Lipinski definition) is 6. The lowest BCUT2D eigenvalue weighted by Crippen LogP contribution is -2.83. The second kappa shape index (κ2) is 7.05. The summed E-state index contributed by atoms with van der Waals surface area (Å²) in [6, 6.07) is 10.0. The third-order valence-corrected chi connectivity index (χ3v) is 6.60. The summed E-state index contributed by atoms with van der Waals surface area (Å²) < 4.78 is 10.8. The summed E-state index contributed by atoms with van der Waals surface area (Å²) in [5, 5.41) is 6.86. The summed E-state index contributed by atoms with van der Waals surface area (Å²) in [5.74, 6) is 2.26. The summed E-state index contributed by atoms with van der Waals surface area (Å²) in [4.78, 5) is 22.3. The molecule has 0 saturated heterocycles. The van der Waals surface area contributed by atoms with Crippen LogP contribution in [0.3, 0.4) is 0 Å². The van der Waals surface area contributed by atoms with Gasteiger partial charge in [-0.05, 0) is 36.6 Å². The number of ether oxygens (including phenoxy) is 2. The molecule has 6 nitrogen and oxygen atoms in total. The van der Waals surface area contributed by atoms with Gasteiger partial charge >= 0.3 is 0 Å². The van der Waals surface area contributed by atoms with E-state index in [4.69, 9.17) is 14.5 Å². The molecule has 142 valence electrons. The monoisotopic (exact) mass is 412 g/mol. The molecule has 1 aliphatic rings. The molecule has 0 amide bonds. The minimum absolute atomic E-state index is 0.0230. The van der Waals surface area contributed by atoms with E-state index in [1.54, 1.807) is 11.3 Å². The van der Waals surface area contributed by atoms with Crippen molar-refractivity contribution in [2.45, 2.75) is 19.5 Å². The SMILES string of the molecule is C[C@@H]([NH2+]Cc1ccc2c(c1)OCO2)c1nc2scc(-c3cccs3)c2c(=O)[nH]1. The topological polar surface area (TPSA) is 80.8 Å². The van der Waals surface area contributed by atoms with Crippen LogP contribution in [0.5, 0.6) is 11.5 Å². The van der Waals surface area contributed by atoms with E-state index in [2.05, 4.69) is 10.3 Å². The number of aromatic nitrogens is 2. The molecule has 1 aromatic carbocycles. The van der Waals surface area contributed by atoms with Crippen LogP contribution in [-0.4, -0.2) is 16.8 Å². The van der Waals surface area contributed by atoms with Gasteiger partial charge in [0.25, 0.3) is 5.56 Å². The number of nitrogens with one attached hydrogen (secondary N) is 1. The van der Waals surface area contributed by atoms with Gasteiger partial charge in [0.15, 0.2) is 17.3 Å². The summed E-state index contributed by atoms with van der Waals surface area (Å²) in [6.07, 6.45) is 0. The zero-order chi connectivity index (χ0) is 19.1. The Kier molecular flexibility index (Phi) is 4.38. The van der Waals surface area contributed by atoms with E-state index in [-0.39, 0.29) is 18.4 Å². The number of rotatable bonds is 5. The molecular weight excluding hydrogens is 394 g/mol. The molecule has 0 unspecified atom stereocenters. The number of hydrogen-bond donors (Lipinski definition) is 2. The van der Waals surface area contributed by atoms with Gasteiger partial charge < -0.3 is 19.8 Å². The number of aromatic amines is 1. The van der Waals surface area contributed by atoms with Gasteiger partial charge in [-0.3, -0.25) is 4.79 Å². The Morgan fingerprint density at radius 3 is 3.00 bits per heavy atom. The first-order chi connectivity index (χ1) is 13.7. The van der Waals surface area contributed by atoms with Crippen molar-refractivity contribution in [2.24, 2.45) is 0 Å². The van der Waals surface area contributed by atoms with Crippen molar-refractivity contribution in [3.63, 3.8) is 0 Å². The average Bonchev–Trinajstić information content (AvgIpc) is 3.44. The Bertz CT molecular complexity index is 1200. The quantitative estimate of drug-likeness (QED) is 0.527. The first-order valence-corrected chi connectivity index (χ1v) is 10.7. The van der Waals surface area contributed by atoms with Crippen molar-refractivity contribution >= 4 is 32.9 Å². The van der Waals surface area contributed by atoms with E-state index in [9.17, 15) is 4.79 Å². The predicted octanol–water partition coefficient (Wildman–Crippen LogP) is 3.27. The lowest BCUT2D eigenvalue weighted by Gasteiger charge is -2.10. The summed E-state index contributed by atoms with van der Waals surface area (Å²) in [6.45, 7) is 3.08. The summed E-state index contributed by atoms with van der Waals surface area (Å²) >= 11 is 3.15. The maximum absolute atomic E-state index is 12.8. The van der Waals surface area contributed by atoms with Crippen molar-refractivity contribution < 1.29 is 14.8 Å². The molecule has 0 radical (unpaired) electrons. The van der Waals surface area contributed by atoms with Gasteiger partial charge in [-0.1, -0.05) is 6.07 Å². The zero-order valence-electron chi connectivity index (χ0n) is 15.1. The van der Waals surface area contributed by atoms with E-state index in [0.29, 0.717) is 11.2 Å². The van der Waals surface area contributed by atoms with Gasteiger partial charge in [-0.25, -0.2) is 4.98 Å². The lowest BCUT2D eigenvalue weighted by molar-refractivity contribution is -0.709. The number of benzene rings is 1. The van der Waals surface area contributed by atoms with Gasteiger partial charge in [-0.2, -0.15) is 0 Å². The summed E-state index contributed by atoms with van der Waals surface area (Å²) in [5.41, 5.74) is 2.02. The number of nitrogens with two attached hydrogens (primary N) is 1. The molecule has 3 aromatic heterocycles. The van der Waals surface area contributed by atoms with Crippen LogP contribution in [0.4, 0.5) is 0 Å². The first-order valence-electron chi connectivity index (χ1n) is 8.96. The smallest absolute Gasteiger partial charge is 0.260 e. The molecule has 0 aliphatic carbocycles. The largest absolute Gasteiger partial charge is 0.454 e. The minimum atomic E-state index is -0.0759. The van der Waals surface area contributed by atoms with Crippen LogP contribution in [0.2, 0.25) is 0 Å². The Hall–Kier alpha value is -2.68. The van der Waals surface area contributed by atoms with Gasteiger partial charge in [-0.15, -0.1) is 22.7 Å². The highest BCUT2D eigenvalue weighted by Gasteiger charge is 2.19. The lowest BCUT2D eigenvalue weighted by atomic mass is 10.2. The highest BCUT2D eigenvalue weighted by molar-refractivity contribution is 7.18. The molecule has 4 heterocycles. The van der Waals surface area contributed by atoms with Gasteiger partial charge in [0, 0.05) is 21.4 Å². The predicted molar refractivity (Wildman–Crippen MR) is 110 cm³/mol. The van der Waals surface area contributed by atoms with Crippen molar-refractivity contribution in [3.8, 4) is 21.9 Å². The number of H-pyrrole nitrogens is 1. The Labute approximate surface area is 168 Å². The molecule has 8 heteroatoms. The van der Waals surface area contributed by atoms with Gasteiger partial charge in [0.05, 0.1) is 5.39 Å². The average molecular weight is 413 g/mol. The van der Waals surface area contributed by atoms with Crippen LogP contribution in [0.1, 0.15) is 24.4 Å². The fraction of sp³-hybridized carbons (Fsp3) is 0.200. The highest BCUT2D eigenvalue weighted by atomic mass is 32.1. The molecule has 3 N–H and O–H groups in total. The third kappa shape index (κ3) is 3.09. The number of nitrogens with zero attached hydrogens (tertiary/aromatic N) is 1. The van der Waals surface area contributed by atoms with Crippen molar-refractivity contribution in [1.82, 2.24) is 9.97 Å². The van der Waals surface area contributed by atoms with Crippen LogP contribution in [0.25, 0.3) is 20.7 Å². The number of fused-ring (bicyclic) bond motifs is 2. The third-order valence-electron chi connectivity index (χ3n) is 4.82. The first kappa shape index (κ1) is 17.4. The van der Waals surface area contributed by atoms with Crippen molar-refractivity contribution in [3.05, 3.63) is 62.8 Å². The Morgan fingerprint density at radius 2 is 2.14 bits per heavy atom. The van der Waals surface area contributed by atoms with E-state index >= 15 is 0 Å². The zero-order valence-corrected chi connectivity index (χ0v) is 16.7. The summed E-state index contributed by atoms with van der Waals surface area (Å²) in [7, 11) is 0. The van der Waals surface area contributed by atoms with Crippen LogP contribution in [-0.2, 0) is 6.54 Å². The number of quaternary nitrogens is 1. The van der Waals surface area contributed by atoms with E-state index in [1.807, 2.05) is 48.0 Å². The molecule has 0 spiro atoms. The normalized spacial score (nSPS) is 13.9. The molecule has 5 rings (SSSR count). The van der Waals surface area contributed by atoms with Crippen LogP contribution >= 0.6 is 22.7 Å². The van der Waals surface area contributed by atoms with E-state index in [1.165, 1.54) is 11.3 Å². The molecule has 0 fully saturated rings. The second-order valence-electron chi connectivity index (χ2n) is 6.67. The molecular formula is C20H18N3O3S2+. The molecule has 1 atom stereocenters. The van der Waals surface area contributed by atoms with Gasteiger partial charge in [0.2, 0.25) is 6.79 Å². The van der Waals surface area contributed by atoms with Crippen LogP contribution < -0.4 is 20.3 Å². The van der Waals surface area contributed by atoms with Crippen molar-refractivity contribution in [1.29, 1.82) is 0 Å². The standard InChI is InChI=1S/C20H17N3O3S2/c1-11(21-8-12-4-5-14-15(7-12)26-10-25-14)18-22-19(24)17-13(9-28-20(17)23-18)16-3-2-6-27-16/h2-7,9,11,21H,8,10H2,1H3,(H,22,23,24)/p+1/t11-/m1/s1. The van der Waals surface area contributed by atoms with E-state index < -0.39 is 0 Å². The molecule has 0 bridgehead atoms. The molecule has 1 aliphatic heterocycles. The minimum Gasteiger partial charge on any atom is -0.454 e. The molecule has 28 heavy (non-hydrogen) atoms. The van der Waals surface area contributed by atoms with Crippen LogP contribution in [0, 0.1) is 0 Å². The van der Waals surface area contributed by atoms with Gasteiger partial charge in [0.1, 0.15) is 17.4 Å². The highest BCUT2D eigenvalue weighted by Crippen LogP contribution is 2.34. The number of thiophene rings is 2. The maximum Gasteiger partial charge on any atom is 0.260 e. The van der Waals surface area contributed by atoms with Crippen molar-refractivity contribution in [2.75, 3.05) is 6.79 Å². The fourth-order valence-corrected chi connectivity index (χ4v) is 5.06. The maximum atomic E-state index is 12.8. The molecule has 4 aromatic rings.